The fourth-order valence-electron chi connectivity index (χ4n) is 2.11. The maximum Gasteiger partial charge on any atom is 0.123 e. The highest BCUT2D eigenvalue weighted by molar-refractivity contribution is 7.14. The van der Waals surface area contributed by atoms with Crippen LogP contribution in [0.4, 0.5) is 4.39 Å². The van der Waals surface area contributed by atoms with Gasteiger partial charge in [-0.2, -0.15) is 0 Å². The van der Waals surface area contributed by atoms with E-state index in [1.807, 2.05) is 18.2 Å². The van der Waals surface area contributed by atoms with Gasteiger partial charge in [-0.3, -0.25) is 0 Å². The van der Waals surface area contributed by atoms with Gasteiger partial charge in [-0.25, -0.2) is 4.39 Å². The third kappa shape index (κ3) is 4.30. The Balaban J connectivity index is 1.90. The Morgan fingerprint density at radius 2 is 1.95 bits per heavy atom. The number of thiophene rings is 1. The predicted octanol–water partition coefficient (Wildman–Crippen LogP) is 4.82. The third-order valence-corrected chi connectivity index (χ3v) is 4.19. The summed E-state index contributed by atoms with van der Waals surface area (Å²) in [6, 6.07) is 9.25. The van der Waals surface area contributed by atoms with Gasteiger partial charge in [0.25, 0.3) is 0 Å². The van der Waals surface area contributed by atoms with Crippen molar-refractivity contribution in [2.45, 2.75) is 32.4 Å². The minimum atomic E-state index is -0.189. The summed E-state index contributed by atoms with van der Waals surface area (Å²) in [4.78, 5) is 0. The molecule has 0 fully saturated rings. The predicted molar refractivity (Wildman–Crippen MR) is 80.4 cm³/mol. The zero-order valence-electron chi connectivity index (χ0n) is 11.0. The summed E-state index contributed by atoms with van der Waals surface area (Å²) in [6.07, 6.45) is 0.877. The fraction of sp³-hybridized carbons (Fsp3) is 0.333. The van der Waals surface area contributed by atoms with Crippen LogP contribution in [0.15, 0.2) is 35.7 Å². The average Bonchev–Trinajstić information content (AvgIpc) is 2.79. The molecule has 0 aliphatic rings. The van der Waals surface area contributed by atoms with Crippen LogP contribution in [0, 0.1) is 5.82 Å². The summed E-state index contributed by atoms with van der Waals surface area (Å²) in [5.74, 6) is -0.189. The standard InChI is InChI=1S/C15H17ClFNS/c1-10(7-12-3-5-14(17)6-4-12)18-11(2)13-8-15(16)19-9-13/h3-6,8-11,18H,7H2,1-2H3. The zero-order chi connectivity index (χ0) is 13.8. The van der Waals surface area contributed by atoms with E-state index >= 15 is 0 Å². The number of hydrogen-bond acceptors (Lipinski definition) is 2. The number of benzene rings is 1. The van der Waals surface area contributed by atoms with E-state index in [4.69, 9.17) is 11.6 Å². The Morgan fingerprint density at radius 1 is 1.26 bits per heavy atom. The van der Waals surface area contributed by atoms with Crippen LogP contribution in [0.1, 0.15) is 31.0 Å². The van der Waals surface area contributed by atoms with E-state index in [2.05, 4.69) is 24.5 Å². The summed E-state index contributed by atoms with van der Waals surface area (Å²) in [7, 11) is 0. The van der Waals surface area contributed by atoms with Crippen molar-refractivity contribution >= 4 is 22.9 Å². The van der Waals surface area contributed by atoms with Crippen LogP contribution >= 0.6 is 22.9 Å². The van der Waals surface area contributed by atoms with E-state index in [1.165, 1.54) is 17.7 Å². The van der Waals surface area contributed by atoms with E-state index in [-0.39, 0.29) is 11.9 Å². The van der Waals surface area contributed by atoms with Crippen molar-refractivity contribution in [1.29, 1.82) is 0 Å². The molecule has 0 amide bonds. The van der Waals surface area contributed by atoms with Crippen molar-refractivity contribution in [3.63, 3.8) is 0 Å². The lowest BCUT2D eigenvalue weighted by atomic mass is 10.1. The number of nitrogens with one attached hydrogen (secondary N) is 1. The second-order valence-electron chi connectivity index (χ2n) is 4.80. The molecule has 19 heavy (non-hydrogen) atoms. The summed E-state index contributed by atoms with van der Waals surface area (Å²) >= 11 is 7.49. The van der Waals surface area contributed by atoms with Gasteiger partial charge in [-0.15, -0.1) is 11.3 Å². The molecule has 0 radical (unpaired) electrons. The van der Waals surface area contributed by atoms with Crippen molar-refractivity contribution < 1.29 is 4.39 Å². The smallest absolute Gasteiger partial charge is 0.123 e. The van der Waals surface area contributed by atoms with Gasteiger partial charge in [0.2, 0.25) is 0 Å². The first-order valence-electron chi connectivity index (χ1n) is 6.29. The van der Waals surface area contributed by atoms with E-state index in [9.17, 15) is 4.39 Å². The number of rotatable bonds is 5. The molecule has 102 valence electrons. The number of halogens is 2. The SMILES string of the molecule is CC(Cc1ccc(F)cc1)NC(C)c1csc(Cl)c1. The normalized spacial score (nSPS) is 14.3. The summed E-state index contributed by atoms with van der Waals surface area (Å²) in [6.45, 7) is 4.26. The van der Waals surface area contributed by atoms with Gasteiger partial charge in [0.15, 0.2) is 0 Å². The van der Waals surface area contributed by atoms with Gasteiger partial charge in [0, 0.05) is 12.1 Å². The molecule has 0 spiro atoms. The van der Waals surface area contributed by atoms with Gasteiger partial charge in [-0.1, -0.05) is 23.7 Å². The van der Waals surface area contributed by atoms with E-state index in [1.54, 1.807) is 11.3 Å². The van der Waals surface area contributed by atoms with Gasteiger partial charge < -0.3 is 5.32 Å². The first-order chi connectivity index (χ1) is 9.04. The molecule has 2 aromatic rings. The molecular formula is C15H17ClFNS. The Morgan fingerprint density at radius 3 is 2.53 bits per heavy atom. The fourth-order valence-corrected chi connectivity index (χ4v) is 3.09. The highest BCUT2D eigenvalue weighted by Gasteiger charge is 2.11. The molecule has 1 N–H and O–H groups in total. The lowest BCUT2D eigenvalue weighted by Gasteiger charge is -2.19. The van der Waals surface area contributed by atoms with Crippen LogP contribution in [-0.4, -0.2) is 6.04 Å². The molecule has 0 bridgehead atoms. The van der Waals surface area contributed by atoms with Gasteiger partial charge >= 0.3 is 0 Å². The highest BCUT2D eigenvalue weighted by Crippen LogP contribution is 2.25. The number of hydrogen-bond donors (Lipinski definition) is 1. The van der Waals surface area contributed by atoms with Crippen LogP contribution < -0.4 is 5.32 Å². The van der Waals surface area contributed by atoms with E-state index < -0.39 is 0 Å². The molecule has 1 nitrogen and oxygen atoms in total. The lowest BCUT2D eigenvalue weighted by Crippen LogP contribution is -2.30. The molecule has 1 aromatic heterocycles. The van der Waals surface area contributed by atoms with Gasteiger partial charge in [0.05, 0.1) is 4.34 Å². The Bertz CT molecular complexity index is 523. The molecule has 0 saturated carbocycles. The topological polar surface area (TPSA) is 12.0 Å². The first-order valence-corrected chi connectivity index (χ1v) is 7.55. The maximum atomic E-state index is 12.8. The quantitative estimate of drug-likeness (QED) is 0.834. The lowest BCUT2D eigenvalue weighted by molar-refractivity contribution is 0.477. The zero-order valence-corrected chi connectivity index (χ0v) is 12.6. The molecule has 2 atom stereocenters. The third-order valence-electron chi connectivity index (χ3n) is 3.08. The van der Waals surface area contributed by atoms with Crippen molar-refractivity contribution in [2.75, 3.05) is 0 Å². The Hall–Kier alpha value is -0.900. The molecule has 2 unspecified atom stereocenters. The molecule has 0 saturated heterocycles. The van der Waals surface area contributed by atoms with Gasteiger partial charge in [0.1, 0.15) is 5.82 Å². The van der Waals surface area contributed by atoms with Crippen LogP contribution in [0.5, 0.6) is 0 Å². The van der Waals surface area contributed by atoms with Crippen LogP contribution in [0.3, 0.4) is 0 Å². The molecule has 1 aromatic carbocycles. The minimum Gasteiger partial charge on any atom is -0.307 e. The summed E-state index contributed by atoms with van der Waals surface area (Å²) in [5, 5.41) is 5.60. The van der Waals surface area contributed by atoms with Gasteiger partial charge in [-0.05, 0) is 55.0 Å². The first kappa shape index (κ1) is 14.5. The Kier molecular flexibility index (Phi) is 4.97. The molecule has 0 aliphatic heterocycles. The average molecular weight is 298 g/mol. The second kappa shape index (κ2) is 6.51. The molecule has 2 rings (SSSR count). The second-order valence-corrected chi connectivity index (χ2v) is 6.35. The highest BCUT2D eigenvalue weighted by atomic mass is 35.5. The largest absolute Gasteiger partial charge is 0.307 e. The maximum absolute atomic E-state index is 12.8. The van der Waals surface area contributed by atoms with E-state index in [0.29, 0.717) is 6.04 Å². The van der Waals surface area contributed by atoms with Crippen molar-refractivity contribution in [1.82, 2.24) is 5.32 Å². The summed E-state index contributed by atoms with van der Waals surface area (Å²) in [5.41, 5.74) is 2.35. The monoisotopic (exact) mass is 297 g/mol. The van der Waals surface area contributed by atoms with Crippen molar-refractivity contribution in [3.05, 3.63) is 57.0 Å². The van der Waals surface area contributed by atoms with Crippen LogP contribution in [0.25, 0.3) is 0 Å². The molecular weight excluding hydrogens is 281 g/mol. The van der Waals surface area contributed by atoms with Crippen LogP contribution in [-0.2, 0) is 6.42 Å². The molecule has 0 aliphatic carbocycles. The van der Waals surface area contributed by atoms with E-state index in [0.717, 1.165) is 16.3 Å². The Labute approximate surface area is 122 Å². The minimum absolute atomic E-state index is 0.189. The molecule has 4 heteroatoms. The van der Waals surface area contributed by atoms with Crippen molar-refractivity contribution in [3.8, 4) is 0 Å². The summed E-state index contributed by atoms with van der Waals surface area (Å²) < 4.78 is 13.6. The van der Waals surface area contributed by atoms with Crippen LogP contribution in [0.2, 0.25) is 4.34 Å². The van der Waals surface area contributed by atoms with Crippen molar-refractivity contribution in [2.24, 2.45) is 0 Å². The molecule has 1 heterocycles.